The number of carbonyl (C=O) groups is 1. The summed E-state index contributed by atoms with van der Waals surface area (Å²) >= 11 is 0. The van der Waals surface area contributed by atoms with E-state index in [-0.39, 0.29) is 0 Å². The Morgan fingerprint density at radius 1 is 1.64 bits per heavy atom. The average Bonchev–Trinajstić information content (AvgIpc) is 2.81. The second-order valence-electron chi connectivity index (χ2n) is 2.31. The monoisotopic (exact) mass is 153 g/mol. The molecule has 1 heterocycles. The van der Waals surface area contributed by atoms with Gasteiger partial charge in [0.15, 0.2) is 0 Å². The van der Waals surface area contributed by atoms with Gasteiger partial charge in [-0.05, 0) is 6.08 Å². The number of rotatable bonds is 4. The molecule has 3 heteroatoms. The predicted molar refractivity (Wildman–Crippen MR) is 41.9 cm³/mol. The Morgan fingerprint density at radius 3 is 2.91 bits per heavy atom. The molecule has 0 spiro atoms. The van der Waals surface area contributed by atoms with Crippen LogP contribution in [0, 0.1) is 0 Å². The van der Waals surface area contributed by atoms with Crippen LogP contribution >= 0.6 is 0 Å². The molecule has 0 amide bonds. The van der Waals surface area contributed by atoms with Gasteiger partial charge in [0, 0.05) is 25.7 Å². The zero-order valence-corrected chi connectivity index (χ0v) is 6.32. The third-order valence-electron chi connectivity index (χ3n) is 1.35. The maximum atomic E-state index is 10.5. The lowest BCUT2D eigenvalue weighted by Gasteiger charge is -1.92. The molecular weight excluding hydrogens is 142 g/mol. The Morgan fingerprint density at radius 2 is 2.36 bits per heavy atom. The summed E-state index contributed by atoms with van der Waals surface area (Å²) in [5.74, 6) is -0.410. The van der Waals surface area contributed by atoms with E-state index in [0.717, 1.165) is 25.7 Å². The summed E-state index contributed by atoms with van der Waals surface area (Å²) < 4.78 is 4.61. The zero-order valence-electron chi connectivity index (χ0n) is 6.32. The first kappa shape index (κ1) is 8.01. The van der Waals surface area contributed by atoms with Crippen molar-refractivity contribution in [1.82, 2.24) is 4.90 Å². The molecule has 0 bridgehead atoms. The second kappa shape index (κ2) is 3.93. The number of nitrogens with zero attached hydrogens (tertiary/aromatic N) is 1. The van der Waals surface area contributed by atoms with Crippen molar-refractivity contribution in [2.75, 3.05) is 19.6 Å². The predicted octanol–water partition coefficient (Wildman–Crippen LogP) is 0.545. The summed E-state index contributed by atoms with van der Waals surface area (Å²) in [4.78, 5) is 12.7. The van der Waals surface area contributed by atoms with E-state index in [2.05, 4.69) is 16.2 Å². The Kier molecular flexibility index (Phi) is 2.86. The molecule has 0 atom stereocenters. The lowest BCUT2D eigenvalue weighted by atomic mass is 10.6. The van der Waals surface area contributed by atoms with Crippen LogP contribution in [0.2, 0.25) is 0 Å². The molecule has 0 saturated carbocycles. The number of hydrogen-bond donors (Lipinski definition) is 0. The van der Waals surface area contributed by atoms with Crippen LogP contribution in [-0.4, -0.2) is 30.5 Å². The van der Waals surface area contributed by atoms with E-state index in [1.54, 1.807) is 0 Å². The van der Waals surface area contributed by atoms with Crippen molar-refractivity contribution in [2.45, 2.75) is 0 Å². The second-order valence-corrected chi connectivity index (χ2v) is 2.31. The highest BCUT2D eigenvalue weighted by atomic mass is 16.5. The Hall–Kier alpha value is -1.09. The summed E-state index contributed by atoms with van der Waals surface area (Å²) in [6, 6.07) is 0. The van der Waals surface area contributed by atoms with Crippen molar-refractivity contribution >= 4 is 5.97 Å². The third-order valence-corrected chi connectivity index (χ3v) is 1.35. The fraction of sp³-hybridized carbons (Fsp3) is 0.375. The zero-order chi connectivity index (χ0) is 8.10. The van der Waals surface area contributed by atoms with E-state index in [9.17, 15) is 4.79 Å². The standard InChI is InChI=1S/C8H11NO2/c1-2-8(10)11-7-3-4-9-5-6-9/h2-3,7H,1,4-6H2. The molecule has 3 nitrogen and oxygen atoms in total. The van der Waals surface area contributed by atoms with Crippen molar-refractivity contribution in [3.63, 3.8) is 0 Å². The highest BCUT2D eigenvalue weighted by molar-refractivity contribution is 5.81. The minimum atomic E-state index is -0.410. The van der Waals surface area contributed by atoms with E-state index < -0.39 is 5.97 Å². The van der Waals surface area contributed by atoms with Gasteiger partial charge in [-0.15, -0.1) is 0 Å². The average molecular weight is 153 g/mol. The minimum Gasteiger partial charge on any atom is -0.432 e. The maximum Gasteiger partial charge on any atom is 0.334 e. The molecule has 1 rings (SSSR count). The van der Waals surface area contributed by atoms with Gasteiger partial charge < -0.3 is 4.74 Å². The van der Waals surface area contributed by atoms with Gasteiger partial charge in [0.05, 0.1) is 6.26 Å². The molecule has 11 heavy (non-hydrogen) atoms. The molecule has 0 aromatic carbocycles. The summed E-state index contributed by atoms with van der Waals surface area (Å²) in [7, 11) is 0. The van der Waals surface area contributed by atoms with Crippen molar-refractivity contribution in [2.24, 2.45) is 0 Å². The highest BCUT2D eigenvalue weighted by Crippen LogP contribution is 2.01. The van der Waals surface area contributed by atoms with E-state index >= 15 is 0 Å². The molecule has 0 radical (unpaired) electrons. The van der Waals surface area contributed by atoms with Gasteiger partial charge in [-0.3, -0.25) is 4.90 Å². The van der Waals surface area contributed by atoms with Crippen LogP contribution in [0.1, 0.15) is 0 Å². The van der Waals surface area contributed by atoms with E-state index in [1.807, 2.05) is 6.08 Å². The molecule has 0 aromatic rings. The molecular formula is C8H11NO2. The minimum absolute atomic E-state index is 0.410. The number of hydrogen-bond acceptors (Lipinski definition) is 3. The first-order valence-corrected chi connectivity index (χ1v) is 3.53. The summed E-state index contributed by atoms with van der Waals surface area (Å²) in [5.41, 5.74) is 0. The normalized spacial score (nSPS) is 16.7. The third kappa shape index (κ3) is 3.57. The molecule has 0 aliphatic carbocycles. The van der Waals surface area contributed by atoms with Crippen LogP contribution in [0.4, 0.5) is 0 Å². The molecule has 0 N–H and O–H groups in total. The van der Waals surface area contributed by atoms with Crippen LogP contribution in [0.5, 0.6) is 0 Å². The van der Waals surface area contributed by atoms with Crippen LogP contribution < -0.4 is 0 Å². The van der Waals surface area contributed by atoms with E-state index in [1.165, 1.54) is 6.26 Å². The lowest BCUT2D eigenvalue weighted by Crippen LogP contribution is -1.96. The first-order chi connectivity index (χ1) is 5.33. The quantitative estimate of drug-likeness (QED) is 0.255. The number of ether oxygens (including phenoxy) is 1. The maximum absolute atomic E-state index is 10.5. The Balaban J connectivity index is 2.03. The van der Waals surface area contributed by atoms with Crippen molar-refractivity contribution in [3.05, 3.63) is 25.0 Å². The SMILES string of the molecule is C=CC(=O)OC=CCN1CC1. The first-order valence-electron chi connectivity index (χ1n) is 3.53. The Labute approximate surface area is 65.9 Å². The fourth-order valence-corrected chi connectivity index (χ4v) is 0.609. The van der Waals surface area contributed by atoms with Crippen molar-refractivity contribution in [1.29, 1.82) is 0 Å². The lowest BCUT2D eigenvalue weighted by molar-refractivity contribution is -0.132. The van der Waals surface area contributed by atoms with Gasteiger partial charge in [0.1, 0.15) is 0 Å². The van der Waals surface area contributed by atoms with Crippen molar-refractivity contribution < 1.29 is 9.53 Å². The van der Waals surface area contributed by atoms with Crippen LogP contribution in [0.15, 0.2) is 25.0 Å². The number of esters is 1. The molecule has 1 fully saturated rings. The van der Waals surface area contributed by atoms with Gasteiger partial charge in [0.2, 0.25) is 0 Å². The fourth-order valence-electron chi connectivity index (χ4n) is 0.609. The van der Waals surface area contributed by atoms with Crippen LogP contribution in [0.3, 0.4) is 0 Å². The largest absolute Gasteiger partial charge is 0.432 e. The molecule has 1 saturated heterocycles. The molecule has 1 aliphatic rings. The van der Waals surface area contributed by atoms with Gasteiger partial charge >= 0.3 is 5.97 Å². The van der Waals surface area contributed by atoms with Gasteiger partial charge in [-0.25, -0.2) is 4.79 Å². The van der Waals surface area contributed by atoms with Crippen molar-refractivity contribution in [3.8, 4) is 0 Å². The van der Waals surface area contributed by atoms with E-state index in [0.29, 0.717) is 0 Å². The van der Waals surface area contributed by atoms with Gasteiger partial charge in [0.25, 0.3) is 0 Å². The van der Waals surface area contributed by atoms with Gasteiger partial charge in [-0.2, -0.15) is 0 Å². The molecule has 0 unspecified atom stereocenters. The summed E-state index contributed by atoms with van der Waals surface area (Å²) in [5, 5.41) is 0. The molecule has 0 aromatic heterocycles. The highest BCUT2D eigenvalue weighted by Gasteiger charge is 2.13. The topological polar surface area (TPSA) is 29.3 Å². The molecule has 60 valence electrons. The smallest absolute Gasteiger partial charge is 0.334 e. The van der Waals surface area contributed by atoms with Crippen LogP contribution in [0.25, 0.3) is 0 Å². The summed E-state index contributed by atoms with van der Waals surface area (Å²) in [6.07, 6.45) is 4.36. The molecule has 1 aliphatic heterocycles. The van der Waals surface area contributed by atoms with Gasteiger partial charge in [-0.1, -0.05) is 6.58 Å². The van der Waals surface area contributed by atoms with Crippen LogP contribution in [-0.2, 0) is 9.53 Å². The summed E-state index contributed by atoms with van der Waals surface area (Å²) in [6.45, 7) is 6.44. The number of carbonyl (C=O) groups excluding carboxylic acids is 1. The van der Waals surface area contributed by atoms with E-state index in [4.69, 9.17) is 0 Å². The Bertz CT molecular complexity index is 183.